The van der Waals surface area contributed by atoms with E-state index in [1.165, 1.54) is 0 Å². The zero-order valence-electron chi connectivity index (χ0n) is 10.9. The topological polar surface area (TPSA) is 44.3 Å². The van der Waals surface area contributed by atoms with Crippen molar-refractivity contribution in [1.82, 2.24) is 5.32 Å². The van der Waals surface area contributed by atoms with Gasteiger partial charge in [-0.3, -0.25) is 0 Å². The Bertz CT molecular complexity index is 401. The van der Waals surface area contributed by atoms with Gasteiger partial charge < -0.3 is 15.7 Å². The molecule has 1 aliphatic heterocycles. The Morgan fingerprint density at radius 2 is 2.18 bits per heavy atom. The quantitative estimate of drug-likeness (QED) is 0.689. The Hall–Kier alpha value is -1.22. The standard InChI is InChI=1S/C14H22N2O/c1-10-8-11(4-5-12(10)17)16-13-6-7-15-9-14(13,2)3/h4-5,8,13,15-17H,6-7,9H2,1-3H3. The maximum Gasteiger partial charge on any atom is 0.118 e. The van der Waals surface area contributed by atoms with Crippen LogP contribution in [0.2, 0.25) is 0 Å². The van der Waals surface area contributed by atoms with E-state index in [2.05, 4.69) is 24.5 Å². The van der Waals surface area contributed by atoms with Crippen molar-refractivity contribution in [3.05, 3.63) is 23.8 Å². The number of aromatic hydroxyl groups is 1. The van der Waals surface area contributed by atoms with Crippen LogP contribution in [0.15, 0.2) is 18.2 Å². The monoisotopic (exact) mass is 234 g/mol. The van der Waals surface area contributed by atoms with Crippen LogP contribution in [0.1, 0.15) is 25.8 Å². The molecule has 0 aromatic heterocycles. The molecule has 0 radical (unpaired) electrons. The Morgan fingerprint density at radius 1 is 1.41 bits per heavy atom. The lowest BCUT2D eigenvalue weighted by Crippen LogP contribution is -2.49. The van der Waals surface area contributed by atoms with Crippen molar-refractivity contribution in [3.8, 4) is 5.75 Å². The summed E-state index contributed by atoms with van der Waals surface area (Å²) >= 11 is 0. The molecule has 2 rings (SSSR count). The van der Waals surface area contributed by atoms with Crippen molar-refractivity contribution < 1.29 is 5.11 Å². The highest BCUT2D eigenvalue weighted by Gasteiger charge is 2.31. The molecule has 1 unspecified atom stereocenters. The molecule has 1 aromatic carbocycles. The number of benzene rings is 1. The fourth-order valence-corrected chi connectivity index (χ4v) is 2.38. The van der Waals surface area contributed by atoms with Crippen LogP contribution in [-0.2, 0) is 0 Å². The molecule has 1 saturated heterocycles. The lowest BCUT2D eigenvalue weighted by molar-refractivity contribution is 0.236. The Morgan fingerprint density at radius 3 is 2.82 bits per heavy atom. The first-order chi connectivity index (χ1) is 7.99. The first kappa shape index (κ1) is 12.2. The molecular formula is C14H22N2O. The van der Waals surface area contributed by atoms with Crippen molar-refractivity contribution >= 4 is 5.69 Å². The molecule has 1 atom stereocenters. The van der Waals surface area contributed by atoms with Gasteiger partial charge in [0.2, 0.25) is 0 Å². The molecule has 1 fully saturated rings. The van der Waals surface area contributed by atoms with Gasteiger partial charge in [0.05, 0.1) is 0 Å². The van der Waals surface area contributed by atoms with Gasteiger partial charge in [-0.2, -0.15) is 0 Å². The summed E-state index contributed by atoms with van der Waals surface area (Å²) in [5, 5.41) is 16.5. The predicted molar refractivity (Wildman–Crippen MR) is 71.5 cm³/mol. The number of aryl methyl sites for hydroxylation is 1. The fraction of sp³-hybridized carbons (Fsp3) is 0.571. The molecule has 3 N–H and O–H groups in total. The minimum atomic E-state index is 0.254. The average Bonchev–Trinajstić information content (AvgIpc) is 2.26. The van der Waals surface area contributed by atoms with Gasteiger partial charge in [-0.1, -0.05) is 13.8 Å². The Labute approximate surface area is 103 Å². The van der Waals surface area contributed by atoms with E-state index in [-0.39, 0.29) is 5.41 Å². The first-order valence-corrected chi connectivity index (χ1v) is 6.26. The van der Waals surface area contributed by atoms with Gasteiger partial charge in [0.1, 0.15) is 5.75 Å². The van der Waals surface area contributed by atoms with Crippen molar-refractivity contribution in [1.29, 1.82) is 0 Å². The number of hydrogen-bond acceptors (Lipinski definition) is 3. The minimum Gasteiger partial charge on any atom is -0.508 e. The number of piperidine rings is 1. The van der Waals surface area contributed by atoms with Crippen LogP contribution >= 0.6 is 0 Å². The molecule has 3 heteroatoms. The summed E-state index contributed by atoms with van der Waals surface area (Å²) in [6.07, 6.45) is 1.13. The zero-order valence-corrected chi connectivity index (χ0v) is 10.9. The number of phenols is 1. The maximum absolute atomic E-state index is 9.51. The molecule has 0 saturated carbocycles. The van der Waals surface area contributed by atoms with Gasteiger partial charge in [0.25, 0.3) is 0 Å². The number of phenolic OH excluding ortho intramolecular Hbond substituents is 1. The molecule has 3 nitrogen and oxygen atoms in total. The average molecular weight is 234 g/mol. The van der Waals surface area contributed by atoms with Gasteiger partial charge in [0.15, 0.2) is 0 Å². The second-order valence-electron chi connectivity index (χ2n) is 5.65. The molecule has 0 bridgehead atoms. The largest absolute Gasteiger partial charge is 0.508 e. The summed E-state index contributed by atoms with van der Waals surface area (Å²) in [5.74, 6) is 0.361. The highest BCUT2D eigenvalue weighted by atomic mass is 16.3. The van der Waals surface area contributed by atoms with Crippen LogP contribution in [0.4, 0.5) is 5.69 Å². The molecule has 17 heavy (non-hydrogen) atoms. The molecule has 0 aliphatic carbocycles. The summed E-state index contributed by atoms with van der Waals surface area (Å²) in [5.41, 5.74) is 2.27. The third kappa shape index (κ3) is 2.72. The summed E-state index contributed by atoms with van der Waals surface area (Å²) in [6.45, 7) is 8.60. The van der Waals surface area contributed by atoms with Crippen LogP contribution in [-0.4, -0.2) is 24.2 Å². The molecule has 1 aromatic rings. The second-order valence-corrected chi connectivity index (χ2v) is 5.65. The van der Waals surface area contributed by atoms with Crippen molar-refractivity contribution in [2.75, 3.05) is 18.4 Å². The van der Waals surface area contributed by atoms with E-state index in [4.69, 9.17) is 0 Å². The van der Waals surface area contributed by atoms with Gasteiger partial charge in [-0.05, 0) is 49.1 Å². The van der Waals surface area contributed by atoms with E-state index in [0.717, 1.165) is 30.8 Å². The second kappa shape index (κ2) is 4.57. The van der Waals surface area contributed by atoms with Gasteiger partial charge in [0, 0.05) is 18.3 Å². The van der Waals surface area contributed by atoms with Crippen LogP contribution in [0.5, 0.6) is 5.75 Å². The molecule has 94 valence electrons. The lowest BCUT2D eigenvalue weighted by Gasteiger charge is -2.40. The number of hydrogen-bond donors (Lipinski definition) is 3. The van der Waals surface area contributed by atoms with Crippen LogP contribution in [0, 0.1) is 12.3 Å². The van der Waals surface area contributed by atoms with Crippen LogP contribution in [0.25, 0.3) is 0 Å². The number of anilines is 1. The summed E-state index contributed by atoms with van der Waals surface area (Å²) in [7, 11) is 0. The number of nitrogens with one attached hydrogen (secondary N) is 2. The molecule has 1 heterocycles. The van der Waals surface area contributed by atoms with Gasteiger partial charge in [-0.15, -0.1) is 0 Å². The maximum atomic E-state index is 9.51. The van der Waals surface area contributed by atoms with Crippen LogP contribution in [0.3, 0.4) is 0 Å². The molecule has 0 spiro atoms. The van der Waals surface area contributed by atoms with E-state index < -0.39 is 0 Å². The lowest BCUT2D eigenvalue weighted by atomic mass is 9.80. The molecule has 0 amide bonds. The first-order valence-electron chi connectivity index (χ1n) is 6.26. The Kier molecular flexibility index (Phi) is 3.29. The Balaban J connectivity index is 2.11. The predicted octanol–water partition coefficient (Wildman–Crippen LogP) is 2.50. The van der Waals surface area contributed by atoms with E-state index in [9.17, 15) is 5.11 Å². The van der Waals surface area contributed by atoms with E-state index >= 15 is 0 Å². The number of rotatable bonds is 2. The smallest absolute Gasteiger partial charge is 0.118 e. The van der Waals surface area contributed by atoms with E-state index in [0.29, 0.717) is 11.8 Å². The molecule has 1 aliphatic rings. The SMILES string of the molecule is Cc1cc(NC2CCNCC2(C)C)ccc1O. The van der Waals surface area contributed by atoms with Crippen LogP contribution < -0.4 is 10.6 Å². The van der Waals surface area contributed by atoms with Gasteiger partial charge in [-0.25, -0.2) is 0 Å². The van der Waals surface area contributed by atoms with Crippen molar-refractivity contribution in [2.24, 2.45) is 5.41 Å². The highest BCUT2D eigenvalue weighted by Crippen LogP contribution is 2.29. The van der Waals surface area contributed by atoms with E-state index in [1.54, 1.807) is 6.07 Å². The minimum absolute atomic E-state index is 0.254. The van der Waals surface area contributed by atoms with E-state index in [1.807, 2.05) is 19.1 Å². The molecular weight excluding hydrogens is 212 g/mol. The normalized spacial score (nSPS) is 23.4. The summed E-state index contributed by atoms with van der Waals surface area (Å²) in [6, 6.07) is 6.19. The fourth-order valence-electron chi connectivity index (χ4n) is 2.38. The van der Waals surface area contributed by atoms with Crippen molar-refractivity contribution in [3.63, 3.8) is 0 Å². The zero-order chi connectivity index (χ0) is 12.5. The summed E-state index contributed by atoms with van der Waals surface area (Å²) < 4.78 is 0. The highest BCUT2D eigenvalue weighted by molar-refractivity contribution is 5.51. The summed E-state index contributed by atoms with van der Waals surface area (Å²) in [4.78, 5) is 0. The third-order valence-corrected chi connectivity index (χ3v) is 3.67. The van der Waals surface area contributed by atoms with Crippen molar-refractivity contribution in [2.45, 2.75) is 33.2 Å². The third-order valence-electron chi connectivity index (χ3n) is 3.67. The van der Waals surface area contributed by atoms with Gasteiger partial charge >= 0.3 is 0 Å².